The standard InChI is InChI=1S/C11H10N2O/c14-7-6-11-12-8-10(13-11)9-4-2-1-3-5-9/h1-5,7-8H,6H2,(H,12,13). The molecular weight excluding hydrogens is 176 g/mol. The number of nitrogens with one attached hydrogen (secondary N) is 1. The molecule has 0 aliphatic rings. The zero-order valence-electron chi connectivity index (χ0n) is 7.60. The lowest BCUT2D eigenvalue weighted by Crippen LogP contribution is -1.87. The third kappa shape index (κ3) is 1.71. The van der Waals surface area contributed by atoms with Crippen LogP contribution in [0.5, 0.6) is 0 Å². The van der Waals surface area contributed by atoms with Crippen LogP contribution in [0.1, 0.15) is 5.82 Å². The van der Waals surface area contributed by atoms with Gasteiger partial charge in [0.25, 0.3) is 0 Å². The van der Waals surface area contributed by atoms with Gasteiger partial charge in [-0.3, -0.25) is 0 Å². The molecule has 2 rings (SSSR count). The molecule has 70 valence electrons. The van der Waals surface area contributed by atoms with Gasteiger partial charge in [0.05, 0.1) is 18.3 Å². The monoisotopic (exact) mass is 186 g/mol. The minimum absolute atomic E-state index is 0.340. The molecule has 0 radical (unpaired) electrons. The predicted octanol–water partition coefficient (Wildman–Crippen LogP) is 1.82. The molecule has 3 heteroatoms. The van der Waals surface area contributed by atoms with Gasteiger partial charge in [0.15, 0.2) is 0 Å². The molecule has 0 aliphatic carbocycles. The second kappa shape index (κ2) is 3.87. The second-order valence-electron chi connectivity index (χ2n) is 2.98. The van der Waals surface area contributed by atoms with E-state index in [4.69, 9.17) is 0 Å². The highest BCUT2D eigenvalue weighted by molar-refractivity contribution is 5.59. The van der Waals surface area contributed by atoms with E-state index in [0.717, 1.165) is 17.5 Å². The minimum Gasteiger partial charge on any atom is -0.342 e. The fourth-order valence-electron chi connectivity index (χ4n) is 1.31. The number of carbonyl (C=O) groups is 1. The summed E-state index contributed by atoms with van der Waals surface area (Å²) in [7, 11) is 0. The number of carbonyl (C=O) groups excluding carboxylic acids is 1. The molecule has 3 nitrogen and oxygen atoms in total. The second-order valence-corrected chi connectivity index (χ2v) is 2.98. The van der Waals surface area contributed by atoms with E-state index in [0.29, 0.717) is 12.2 Å². The first kappa shape index (κ1) is 8.69. The fraction of sp³-hybridized carbons (Fsp3) is 0.0909. The highest BCUT2D eigenvalue weighted by Crippen LogP contribution is 2.15. The molecule has 14 heavy (non-hydrogen) atoms. The Balaban J connectivity index is 2.29. The van der Waals surface area contributed by atoms with E-state index in [9.17, 15) is 4.79 Å². The highest BCUT2D eigenvalue weighted by atomic mass is 16.1. The van der Waals surface area contributed by atoms with Gasteiger partial charge in [-0.25, -0.2) is 4.98 Å². The van der Waals surface area contributed by atoms with Crippen LogP contribution in [0.2, 0.25) is 0 Å². The number of aldehydes is 1. The van der Waals surface area contributed by atoms with Gasteiger partial charge >= 0.3 is 0 Å². The van der Waals surface area contributed by atoms with E-state index >= 15 is 0 Å². The molecule has 2 aromatic rings. The maximum atomic E-state index is 10.3. The molecule has 1 aromatic heterocycles. The molecule has 1 heterocycles. The lowest BCUT2D eigenvalue weighted by molar-refractivity contribution is -0.107. The van der Waals surface area contributed by atoms with E-state index in [-0.39, 0.29) is 0 Å². The number of rotatable bonds is 3. The average Bonchev–Trinajstić information content (AvgIpc) is 2.68. The van der Waals surface area contributed by atoms with Gasteiger partial charge in [-0.1, -0.05) is 30.3 Å². The van der Waals surface area contributed by atoms with Crippen LogP contribution < -0.4 is 0 Å². The topological polar surface area (TPSA) is 45.8 Å². The van der Waals surface area contributed by atoms with Crippen LogP contribution in [-0.4, -0.2) is 16.3 Å². The van der Waals surface area contributed by atoms with Crippen LogP contribution in [0.4, 0.5) is 0 Å². The van der Waals surface area contributed by atoms with Crippen molar-refractivity contribution >= 4 is 6.29 Å². The molecule has 1 aromatic carbocycles. The maximum absolute atomic E-state index is 10.3. The number of imidazole rings is 1. The van der Waals surface area contributed by atoms with Crippen LogP contribution in [0.3, 0.4) is 0 Å². The molecule has 0 aliphatic heterocycles. The molecule has 0 spiro atoms. The predicted molar refractivity (Wildman–Crippen MR) is 53.8 cm³/mol. The molecule has 0 fully saturated rings. The van der Waals surface area contributed by atoms with Crippen molar-refractivity contribution in [2.24, 2.45) is 0 Å². The number of aromatic nitrogens is 2. The summed E-state index contributed by atoms with van der Waals surface area (Å²) in [4.78, 5) is 17.4. The van der Waals surface area contributed by atoms with Crippen LogP contribution in [0, 0.1) is 0 Å². The van der Waals surface area contributed by atoms with Crippen molar-refractivity contribution in [3.8, 4) is 11.3 Å². The van der Waals surface area contributed by atoms with Gasteiger partial charge in [-0.2, -0.15) is 0 Å². The summed E-state index contributed by atoms with van der Waals surface area (Å²) >= 11 is 0. The van der Waals surface area contributed by atoms with Gasteiger partial charge < -0.3 is 9.78 Å². The summed E-state index contributed by atoms with van der Waals surface area (Å²) in [6, 6.07) is 9.90. The van der Waals surface area contributed by atoms with Crippen LogP contribution in [0.25, 0.3) is 11.3 Å². The van der Waals surface area contributed by atoms with Crippen molar-refractivity contribution in [2.75, 3.05) is 0 Å². The largest absolute Gasteiger partial charge is 0.342 e. The first-order valence-electron chi connectivity index (χ1n) is 4.43. The summed E-state index contributed by atoms with van der Waals surface area (Å²) in [6.07, 6.45) is 2.93. The third-order valence-corrected chi connectivity index (χ3v) is 1.99. The van der Waals surface area contributed by atoms with E-state index in [1.54, 1.807) is 6.20 Å². The SMILES string of the molecule is O=CCc1ncc(-c2ccccc2)[nH]1. The third-order valence-electron chi connectivity index (χ3n) is 1.99. The molecule has 0 saturated carbocycles. The Morgan fingerprint density at radius 2 is 2.07 bits per heavy atom. The van der Waals surface area contributed by atoms with E-state index in [1.165, 1.54) is 0 Å². The van der Waals surface area contributed by atoms with Crippen molar-refractivity contribution in [3.63, 3.8) is 0 Å². The van der Waals surface area contributed by atoms with E-state index in [2.05, 4.69) is 9.97 Å². The van der Waals surface area contributed by atoms with E-state index in [1.807, 2.05) is 30.3 Å². The van der Waals surface area contributed by atoms with Gasteiger partial charge in [-0.15, -0.1) is 0 Å². The van der Waals surface area contributed by atoms with Crippen molar-refractivity contribution in [2.45, 2.75) is 6.42 Å². The van der Waals surface area contributed by atoms with Crippen molar-refractivity contribution in [1.82, 2.24) is 9.97 Å². The average molecular weight is 186 g/mol. The lowest BCUT2D eigenvalue weighted by Gasteiger charge is -1.94. The Morgan fingerprint density at radius 3 is 2.79 bits per heavy atom. The number of hydrogen-bond acceptors (Lipinski definition) is 2. The van der Waals surface area contributed by atoms with Crippen molar-refractivity contribution < 1.29 is 4.79 Å². The smallest absolute Gasteiger partial charge is 0.127 e. The minimum atomic E-state index is 0.340. The van der Waals surface area contributed by atoms with E-state index < -0.39 is 0 Å². The summed E-state index contributed by atoms with van der Waals surface area (Å²) in [6.45, 7) is 0. The molecular formula is C11H10N2O. The number of aromatic amines is 1. The first-order valence-corrected chi connectivity index (χ1v) is 4.43. The lowest BCUT2D eigenvalue weighted by atomic mass is 10.2. The Bertz CT molecular complexity index is 420. The number of nitrogens with zero attached hydrogens (tertiary/aromatic N) is 1. The normalized spacial score (nSPS) is 10.0. The quantitative estimate of drug-likeness (QED) is 0.743. The zero-order valence-corrected chi connectivity index (χ0v) is 7.60. The van der Waals surface area contributed by atoms with Gasteiger partial charge in [0.2, 0.25) is 0 Å². The number of hydrogen-bond donors (Lipinski definition) is 1. The van der Waals surface area contributed by atoms with Gasteiger partial charge in [-0.05, 0) is 5.56 Å². The molecule has 0 amide bonds. The van der Waals surface area contributed by atoms with Crippen molar-refractivity contribution in [3.05, 3.63) is 42.4 Å². The summed E-state index contributed by atoms with van der Waals surface area (Å²) in [5.74, 6) is 0.707. The maximum Gasteiger partial charge on any atom is 0.127 e. The molecule has 0 unspecified atom stereocenters. The molecule has 0 saturated heterocycles. The Kier molecular flexibility index (Phi) is 2.40. The summed E-state index contributed by atoms with van der Waals surface area (Å²) in [5.41, 5.74) is 2.03. The van der Waals surface area contributed by atoms with Crippen LogP contribution in [-0.2, 0) is 11.2 Å². The highest BCUT2D eigenvalue weighted by Gasteiger charge is 2.01. The Labute approximate surface area is 81.8 Å². The van der Waals surface area contributed by atoms with Gasteiger partial charge in [0, 0.05) is 0 Å². The first-order chi connectivity index (χ1) is 6.90. The van der Waals surface area contributed by atoms with Crippen LogP contribution in [0.15, 0.2) is 36.5 Å². The van der Waals surface area contributed by atoms with Crippen molar-refractivity contribution in [1.29, 1.82) is 0 Å². The fourth-order valence-corrected chi connectivity index (χ4v) is 1.31. The molecule has 0 bridgehead atoms. The zero-order chi connectivity index (χ0) is 9.80. The number of H-pyrrole nitrogens is 1. The summed E-state index contributed by atoms with van der Waals surface area (Å²) < 4.78 is 0. The molecule has 0 atom stereocenters. The Morgan fingerprint density at radius 1 is 1.29 bits per heavy atom. The Hall–Kier alpha value is -1.90. The van der Waals surface area contributed by atoms with Crippen LogP contribution >= 0.6 is 0 Å². The van der Waals surface area contributed by atoms with Gasteiger partial charge in [0.1, 0.15) is 12.1 Å². The number of benzene rings is 1. The summed E-state index contributed by atoms with van der Waals surface area (Å²) in [5, 5.41) is 0. The molecule has 1 N–H and O–H groups in total.